The van der Waals surface area contributed by atoms with Crippen molar-refractivity contribution >= 4 is 33.5 Å². The predicted octanol–water partition coefficient (Wildman–Crippen LogP) is 5.30. The van der Waals surface area contributed by atoms with Crippen LogP contribution in [0.4, 0.5) is 0 Å². The minimum Gasteiger partial charge on any atom is -0.456 e. The number of furan rings is 1. The van der Waals surface area contributed by atoms with Crippen molar-refractivity contribution < 1.29 is 4.42 Å². The Morgan fingerprint density at radius 2 is 1.60 bits per heavy atom. The number of fused-ring (bicyclic) bond motifs is 3. The van der Waals surface area contributed by atoms with Gasteiger partial charge in [-0.15, -0.1) is 0 Å². The van der Waals surface area contributed by atoms with Gasteiger partial charge in [-0.25, -0.2) is 4.98 Å². The number of hydrogen-bond donors (Lipinski definition) is 0. The molecule has 0 radical (unpaired) electrons. The van der Waals surface area contributed by atoms with E-state index in [1.807, 2.05) is 48.5 Å². The molecule has 0 aliphatic carbocycles. The van der Waals surface area contributed by atoms with E-state index in [0.717, 1.165) is 33.1 Å². The molecule has 0 aliphatic rings. The van der Waals surface area contributed by atoms with Gasteiger partial charge in [0.05, 0.1) is 0 Å². The first-order chi connectivity index (χ1) is 9.84. The maximum Gasteiger partial charge on any atom is 0.136 e. The molecule has 0 saturated heterocycles. The highest BCUT2D eigenvalue weighted by molar-refractivity contribution is 6.32. The molecule has 0 saturated carbocycles. The first kappa shape index (κ1) is 11.5. The standard InChI is InChI=1S/C17H10ClNO/c18-17-12(7-4-10-19-17)11-6-3-9-15-16(11)13-5-1-2-8-14(13)20-15/h1-10H. The minimum atomic E-state index is 0.505. The van der Waals surface area contributed by atoms with E-state index in [4.69, 9.17) is 16.0 Å². The first-order valence-corrected chi connectivity index (χ1v) is 6.73. The van der Waals surface area contributed by atoms with Gasteiger partial charge < -0.3 is 4.42 Å². The number of para-hydroxylation sites is 1. The van der Waals surface area contributed by atoms with E-state index >= 15 is 0 Å². The molecule has 0 spiro atoms. The summed E-state index contributed by atoms with van der Waals surface area (Å²) in [5, 5.41) is 2.68. The molecule has 2 aromatic carbocycles. The number of aromatic nitrogens is 1. The number of nitrogens with zero attached hydrogens (tertiary/aromatic N) is 1. The van der Waals surface area contributed by atoms with Crippen molar-refractivity contribution in [3.05, 3.63) is 65.9 Å². The molecule has 96 valence electrons. The molecule has 0 N–H and O–H groups in total. The maximum atomic E-state index is 6.24. The molecule has 2 heterocycles. The lowest BCUT2D eigenvalue weighted by atomic mass is 10.0. The average Bonchev–Trinajstić information content (AvgIpc) is 2.86. The minimum absolute atomic E-state index is 0.505. The Hall–Kier alpha value is -2.32. The molecule has 0 atom stereocenters. The van der Waals surface area contributed by atoms with E-state index in [2.05, 4.69) is 11.1 Å². The van der Waals surface area contributed by atoms with Crippen LogP contribution in [-0.4, -0.2) is 4.98 Å². The lowest BCUT2D eigenvalue weighted by molar-refractivity contribution is 0.669. The van der Waals surface area contributed by atoms with Gasteiger partial charge in [0.2, 0.25) is 0 Å². The maximum absolute atomic E-state index is 6.24. The van der Waals surface area contributed by atoms with E-state index in [9.17, 15) is 0 Å². The highest BCUT2D eigenvalue weighted by atomic mass is 35.5. The van der Waals surface area contributed by atoms with Gasteiger partial charge in [0.1, 0.15) is 16.3 Å². The Balaban J connectivity index is 2.17. The lowest BCUT2D eigenvalue weighted by Crippen LogP contribution is -1.83. The second-order valence-corrected chi connectivity index (χ2v) is 4.98. The van der Waals surface area contributed by atoms with Crippen LogP contribution in [0.3, 0.4) is 0 Å². The summed E-state index contributed by atoms with van der Waals surface area (Å²) in [5.74, 6) is 0. The van der Waals surface area contributed by atoms with E-state index in [0.29, 0.717) is 5.15 Å². The smallest absolute Gasteiger partial charge is 0.136 e. The number of rotatable bonds is 1. The van der Waals surface area contributed by atoms with E-state index in [-0.39, 0.29) is 0 Å². The molecule has 0 amide bonds. The van der Waals surface area contributed by atoms with Gasteiger partial charge in [-0.05, 0) is 29.8 Å². The predicted molar refractivity (Wildman–Crippen MR) is 82.0 cm³/mol. The molecule has 0 bridgehead atoms. The van der Waals surface area contributed by atoms with Gasteiger partial charge in [-0.2, -0.15) is 0 Å². The Kier molecular flexibility index (Phi) is 2.51. The van der Waals surface area contributed by atoms with Crippen molar-refractivity contribution in [1.29, 1.82) is 0 Å². The van der Waals surface area contributed by atoms with Gasteiger partial charge in [-0.3, -0.25) is 0 Å². The summed E-state index contributed by atoms with van der Waals surface area (Å²) in [5.41, 5.74) is 3.72. The van der Waals surface area contributed by atoms with Crippen LogP contribution in [0.25, 0.3) is 33.1 Å². The van der Waals surface area contributed by atoms with Gasteiger partial charge in [0.25, 0.3) is 0 Å². The van der Waals surface area contributed by atoms with Gasteiger partial charge in [0.15, 0.2) is 0 Å². The molecular weight excluding hydrogens is 270 g/mol. The molecular formula is C17H10ClNO. The largest absolute Gasteiger partial charge is 0.456 e. The van der Waals surface area contributed by atoms with E-state index in [1.165, 1.54) is 0 Å². The van der Waals surface area contributed by atoms with Crippen molar-refractivity contribution in [1.82, 2.24) is 4.98 Å². The lowest BCUT2D eigenvalue weighted by Gasteiger charge is -2.05. The third-order valence-corrected chi connectivity index (χ3v) is 3.75. The summed E-state index contributed by atoms with van der Waals surface area (Å²) in [6, 6.07) is 17.9. The Bertz CT molecular complexity index is 926. The zero-order valence-electron chi connectivity index (χ0n) is 10.5. The Morgan fingerprint density at radius 1 is 0.800 bits per heavy atom. The van der Waals surface area contributed by atoms with Crippen LogP contribution in [-0.2, 0) is 0 Å². The number of pyridine rings is 1. The summed E-state index contributed by atoms with van der Waals surface area (Å²) >= 11 is 6.24. The van der Waals surface area contributed by atoms with Crippen LogP contribution in [0.5, 0.6) is 0 Å². The second kappa shape index (κ2) is 4.36. The summed E-state index contributed by atoms with van der Waals surface area (Å²) in [6.45, 7) is 0. The van der Waals surface area contributed by atoms with Gasteiger partial charge >= 0.3 is 0 Å². The highest BCUT2D eigenvalue weighted by Crippen LogP contribution is 2.38. The van der Waals surface area contributed by atoms with Gasteiger partial charge in [-0.1, -0.05) is 41.9 Å². The van der Waals surface area contributed by atoms with Crippen LogP contribution in [0.1, 0.15) is 0 Å². The number of hydrogen-bond acceptors (Lipinski definition) is 2. The third-order valence-electron chi connectivity index (χ3n) is 3.45. The van der Waals surface area contributed by atoms with Crippen molar-refractivity contribution in [2.75, 3.05) is 0 Å². The highest BCUT2D eigenvalue weighted by Gasteiger charge is 2.13. The van der Waals surface area contributed by atoms with E-state index in [1.54, 1.807) is 6.20 Å². The van der Waals surface area contributed by atoms with Crippen LogP contribution < -0.4 is 0 Å². The third kappa shape index (κ3) is 1.62. The second-order valence-electron chi connectivity index (χ2n) is 4.62. The summed E-state index contributed by atoms with van der Waals surface area (Å²) in [7, 11) is 0. The molecule has 3 heteroatoms. The van der Waals surface area contributed by atoms with Crippen LogP contribution in [0.2, 0.25) is 5.15 Å². The molecule has 4 aromatic rings. The fourth-order valence-corrected chi connectivity index (χ4v) is 2.81. The zero-order chi connectivity index (χ0) is 13.5. The fourth-order valence-electron chi connectivity index (χ4n) is 2.59. The van der Waals surface area contributed by atoms with Crippen molar-refractivity contribution in [2.45, 2.75) is 0 Å². The molecule has 20 heavy (non-hydrogen) atoms. The number of benzene rings is 2. The Labute approximate surface area is 120 Å². The zero-order valence-corrected chi connectivity index (χ0v) is 11.3. The molecule has 0 aliphatic heterocycles. The van der Waals surface area contributed by atoms with Crippen molar-refractivity contribution in [3.8, 4) is 11.1 Å². The normalized spacial score (nSPS) is 11.2. The van der Waals surface area contributed by atoms with Crippen LogP contribution in [0, 0.1) is 0 Å². The molecule has 2 nitrogen and oxygen atoms in total. The SMILES string of the molecule is Clc1ncccc1-c1cccc2oc3ccccc3c12. The average molecular weight is 280 g/mol. The quantitative estimate of drug-likeness (QED) is 0.442. The monoisotopic (exact) mass is 279 g/mol. The summed E-state index contributed by atoms with van der Waals surface area (Å²) < 4.78 is 5.89. The Morgan fingerprint density at radius 3 is 2.50 bits per heavy atom. The molecule has 2 aromatic heterocycles. The molecule has 0 unspecified atom stereocenters. The van der Waals surface area contributed by atoms with Crippen LogP contribution in [0.15, 0.2) is 65.2 Å². The summed E-state index contributed by atoms with van der Waals surface area (Å²) in [6.07, 6.45) is 1.69. The van der Waals surface area contributed by atoms with E-state index < -0.39 is 0 Å². The molecule has 0 fully saturated rings. The van der Waals surface area contributed by atoms with Crippen molar-refractivity contribution in [2.24, 2.45) is 0 Å². The summed E-state index contributed by atoms with van der Waals surface area (Å²) in [4.78, 5) is 4.16. The van der Waals surface area contributed by atoms with Gasteiger partial charge in [0, 0.05) is 22.5 Å². The first-order valence-electron chi connectivity index (χ1n) is 6.36. The topological polar surface area (TPSA) is 26.0 Å². The van der Waals surface area contributed by atoms with Crippen molar-refractivity contribution in [3.63, 3.8) is 0 Å². The number of halogens is 1. The molecule has 4 rings (SSSR count). The van der Waals surface area contributed by atoms with Crippen LogP contribution >= 0.6 is 11.6 Å². The fraction of sp³-hybridized carbons (Fsp3) is 0.